The number of alkyl halides is 3. The summed E-state index contributed by atoms with van der Waals surface area (Å²) in [5.74, 6) is -4.17. The fraction of sp³-hybridized carbons (Fsp3) is 0.0833. The molecule has 0 bridgehead atoms. The molecule has 11 heteroatoms. The van der Waals surface area contributed by atoms with Crippen molar-refractivity contribution in [2.75, 3.05) is 4.90 Å². The van der Waals surface area contributed by atoms with Gasteiger partial charge in [0.25, 0.3) is 17.4 Å². The van der Waals surface area contributed by atoms with Crippen LogP contribution in [0.1, 0.15) is 22.7 Å². The smallest absolute Gasteiger partial charge is 0.416 e. The second-order valence-corrected chi connectivity index (χ2v) is 7.54. The summed E-state index contributed by atoms with van der Waals surface area (Å²) in [5.41, 5.74) is -2.65. The van der Waals surface area contributed by atoms with Crippen molar-refractivity contribution in [3.63, 3.8) is 0 Å². The van der Waals surface area contributed by atoms with Gasteiger partial charge in [-0.25, -0.2) is 4.39 Å². The first kappa shape index (κ1) is 23.6. The highest BCUT2D eigenvalue weighted by molar-refractivity contribution is 6.51. The van der Waals surface area contributed by atoms with Crippen molar-refractivity contribution < 1.29 is 37.2 Å². The second kappa shape index (κ2) is 8.67. The van der Waals surface area contributed by atoms with E-state index >= 15 is 0 Å². The molecular weight excluding hydrogens is 472 g/mol. The molecule has 0 saturated carbocycles. The van der Waals surface area contributed by atoms with Gasteiger partial charge in [0, 0.05) is 28.9 Å². The molecule has 0 spiro atoms. The molecule has 1 unspecified atom stereocenters. The molecule has 3 aromatic rings. The molecular formula is C24H14F4N2O5. The summed E-state index contributed by atoms with van der Waals surface area (Å²) in [4.78, 5) is 36.9. The van der Waals surface area contributed by atoms with Gasteiger partial charge >= 0.3 is 6.18 Å². The third-order valence-electron chi connectivity index (χ3n) is 5.45. The van der Waals surface area contributed by atoms with Crippen LogP contribution < -0.4 is 4.90 Å². The van der Waals surface area contributed by atoms with Gasteiger partial charge in [0.05, 0.1) is 22.1 Å². The number of rotatable bonds is 4. The van der Waals surface area contributed by atoms with E-state index in [1.54, 1.807) is 0 Å². The molecule has 1 atom stereocenters. The van der Waals surface area contributed by atoms with Crippen molar-refractivity contribution in [2.24, 2.45) is 0 Å². The Morgan fingerprint density at radius 1 is 0.971 bits per heavy atom. The Hall–Kier alpha value is -4.54. The molecule has 3 aromatic carbocycles. The number of halogens is 4. The Bertz CT molecular complexity index is 1380. The van der Waals surface area contributed by atoms with Crippen molar-refractivity contribution in [1.29, 1.82) is 0 Å². The van der Waals surface area contributed by atoms with E-state index in [-0.39, 0.29) is 22.5 Å². The van der Waals surface area contributed by atoms with E-state index in [4.69, 9.17) is 0 Å². The predicted octanol–water partition coefficient (Wildman–Crippen LogP) is 5.38. The number of carbonyl (C=O) groups excluding carboxylic acids is 2. The lowest BCUT2D eigenvalue weighted by Crippen LogP contribution is -2.30. The number of Topliss-reactive ketones (excluding diaryl/α,β-unsaturated/α-hetero) is 1. The SMILES string of the molecule is O=C1C(=O)N(c2cccc(C(F)(F)F)c2)C(c2ccccc2F)C1=C(O)c1ccc([N+](=O)[O-])cc1. The van der Waals surface area contributed by atoms with E-state index in [1.807, 2.05) is 0 Å². The summed E-state index contributed by atoms with van der Waals surface area (Å²) in [6.45, 7) is 0. The number of benzene rings is 3. The molecule has 4 rings (SSSR count). The minimum Gasteiger partial charge on any atom is -0.507 e. The van der Waals surface area contributed by atoms with Crippen LogP contribution >= 0.6 is 0 Å². The van der Waals surface area contributed by atoms with Gasteiger partial charge in [0.1, 0.15) is 11.6 Å². The van der Waals surface area contributed by atoms with Crippen LogP contribution in [0.15, 0.2) is 78.4 Å². The number of carbonyl (C=O) groups is 2. The fourth-order valence-corrected chi connectivity index (χ4v) is 3.82. The molecule has 0 aliphatic carbocycles. The van der Waals surface area contributed by atoms with Crippen LogP contribution in [-0.2, 0) is 15.8 Å². The van der Waals surface area contributed by atoms with Gasteiger partial charge in [0.15, 0.2) is 0 Å². The zero-order valence-electron chi connectivity index (χ0n) is 17.5. The molecule has 178 valence electrons. The van der Waals surface area contributed by atoms with Gasteiger partial charge in [-0.1, -0.05) is 24.3 Å². The van der Waals surface area contributed by atoms with Crippen molar-refractivity contribution in [3.05, 3.63) is 111 Å². The van der Waals surface area contributed by atoms with Crippen LogP contribution in [0, 0.1) is 15.9 Å². The predicted molar refractivity (Wildman–Crippen MR) is 116 cm³/mol. The molecule has 35 heavy (non-hydrogen) atoms. The Morgan fingerprint density at radius 2 is 1.63 bits per heavy atom. The first-order valence-electron chi connectivity index (χ1n) is 9.98. The van der Waals surface area contributed by atoms with E-state index in [9.17, 15) is 42.4 Å². The van der Waals surface area contributed by atoms with Gasteiger partial charge in [-0.2, -0.15) is 13.2 Å². The van der Waals surface area contributed by atoms with Gasteiger partial charge < -0.3 is 5.11 Å². The van der Waals surface area contributed by atoms with E-state index in [1.165, 1.54) is 18.2 Å². The number of nitro benzene ring substituents is 1. The second-order valence-electron chi connectivity index (χ2n) is 7.54. The van der Waals surface area contributed by atoms with E-state index < -0.39 is 51.5 Å². The van der Waals surface area contributed by atoms with Crippen LogP contribution in [0.25, 0.3) is 5.76 Å². The van der Waals surface area contributed by atoms with Crippen LogP contribution in [0.5, 0.6) is 0 Å². The zero-order valence-corrected chi connectivity index (χ0v) is 17.5. The van der Waals surface area contributed by atoms with E-state index in [0.29, 0.717) is 11.0 Å². The molecule has 1 N–H and O–H groups in total. The zero-order chi connectivity index (χ0) is 25.5. The maximum atomic E-state index is 14.8. The minimum atomic E-state index is -4.75. The average molecular weight is 486 g/mol. The van der Waals surface area contributed by atoms with Gasteiger partial charge in [-0.05, 0) is 36.4 Å². The number of non-ortho nitro benzene ring substituents is 1. The molecule has 1 heterocycles. The number of amides is 1. The maximum Gasteiger partial charge on any atom is 0.416 e. The van der Waals surface area contributed by atoms with Crippen molar-refractivity contribution in [3.8, 4) is 0 Å². The van der Waals surface area contributed by atoms with Gasteiger partial charge in [-0.3, -0.25) is 24.6 Å². The van der Waals surface area contributed by atoms with E-state index in [2.05, 4.69) is 0 Å². The number of anilines is 1. The summed E-state index contributed by atoms with van der Waals surface area (Å²) in [5, 5.41) is 21.8. The van der Waals surface area contributed by atoms with Gasteiger partial charge in [-0.15, -0.1) is 0 Å². The fourth-order valence-electron chi connectivity index (χ4n) is 3.82. The first-order valence-corrected chi connectivity index (χ1v) is 9.98. The molecule has 0 aromatic heterocycles. The highest BCUT2D eigenvalue weighted by atomic mass is 19.4. The summed E-state index contributed by atoms with van der Waals surface area (Å²) < 4.78 is 54.7. The van der Waals surface area contributed by atoms with Crippen LogP contribution in [0.2, 0.25) is 0 Å². The Morgan fingerprint density at radius 3 is 2.23 bits per heavy atom. The molecule has 0 radical (unpaired) electrons. The number of aliphatic hydroxyl groups excluding tert-OH is 1. The highest BCUT2D eigenvalue weighted by Gasteiger charge is 2.48. The summed E-state index contributed by atoms with van der Waals surface area (Å²) in [6, 6.07) is 11.4. The Labute approximate surface area is 194 Å². The molecule has 1 fully saturated rings. The number of hydrogen-bond acceptors (Lipinski definition) is 5. The highest BCUT2D eigenvalue weighted by Crippen LogP contribution is 2.44. The Kier molecular flexibility index (Phi) is 5.85. The lowest BCUT2D eigenvalue weighted by molar-refractivity contribution is -0.384. The lowest BCUT2D eigenvalue weighted by atomic mass is 9.94. The number of nitro groups is 1. The standard InChI is InChI=1S/C24H14F4N2O5/c25-18-7-2-1-6-17(18)20-19(21(31)13-8-10-15(11-9-13)30(34)35)22(32)23(33)29(20)16-5-3-4-14(12-16)24(26,27)28/h1-12,20,31H. The molecule has 1 saturated heterocycles. The largest absolute Gasteiger partial charge is 0.507 e. The molecule has 1 aliphatic heterocycles. The Balaban J connectivity index is 1.94. The summed E-state index contributed by atoms with van der Waals surface area (Å²) >= 11 is 0. The number of ketones is 1. The van der Waals surface area contributed by atoms with Crippen molar-refractivity contribution in [1.82, 2.24) is 0 Å². The van der Waals surface area contributed by atoms with Crippen LogP contribution in [-0.4, -0.2) is 21.7 Å². The van der Waals surface area contributed by atoms with E-state index in [0.717, 1.165) is 48.5 Å². The molecule has 1 aliphatic rings. The quantitative estimate of drug-likeness (QED) is 0.133. The van der Waals surface area contributed by atoms with Crippen LogP contribution in [0.4, 0.5) is 28.9 Å². The summed E-state index contributed by atoms with van der Waals surface area (Å²) in [7, 11) is 0. The van der Waals surface area contributed by atoms with Crippen LogP contribution in [0.3, 0.4) is 0 Å². The third kappa shape index (κ3) is 4.23. The average Bonchev–Trinajstić information content (AvgIpc) is 3.08. The first-order chi connectivity index (χ1) is 16.5. The lowest BCUT2D eigenvalue weighted by Gasteiger charge is -2.26. The molecule has 7 nitrogen and oxygen atoms in total. The van der Waals surface area contributed by atoms with Gasteiger partial charge in [0.2, 0.25) is 0 Å². The number of hydrogen-bond donors (Lipinski definition) is 1. The van der Waals surface area contributed by atoms with Crippen molar-refractivity contribution in [2.45, 2.75) is 12.2 Å². The number of nitrogens with zero attached hydrogens (tertiary/aromatic N) is 2. The molecule has 1 amide bonds. The third-order valence-corrected chi connectivity index (χ3v) is 5.45. The minimum absolute atomic E-state index is 0.0843. The topological polar surface area (TPSA) is 101 Å². The number of aliphatic hydroxyl groups is 1. The normalized spacial score (nSPS) is 17.6. The van der Waals surface area contributed by atoms with Crippen molar-refractivity contribution >= 4 is 28.8 Å². The summed E-state index contributed by atoms with van der Waals surface area (Å²) in [6.07, 6.45) is -4.75. The monoisotopic (exact) mass is 486 g/mol. The maximum absolute atomic E-state index is 14.8.